The summed E-state index contributed by atoms with van der Waals surface area (Å²) in [5.74, 6) is -0.730. The van der Waals surface area contributed by atoms with Gasteiger partial charge in [-0.15, -0.1) is 0 Å². The molecule has 5 aromatic rings. The molecule has 16 heteroatoms. The number of aromatic nitrogens is 6. The van der Waals surface area contributed by atoms with Gasteiger partial charge in [-0.1, -0.05) is 6.07 Å². The van der Waals surface area contributed by atoms with E-state index in [0.717, 1.165) is 50.2 Å². The van der Waals surface area contributed by atoms with Gasteiger partial charge in [-0.25, -0.2) is 24.9 Å². The smallest absolute Gasteiger partial charge is 0.416 e. The highest BCUT2D eigenvalue weighted by Gasteiger charge is 2.33. The quantitative estimate of drug-likeness (QED) is 0.133. The first-order chi connectivity index (χ1) is 25.2. The van der Waals surface area contributed by atoms with Crippen molar-refractivity contribution >= 4 is 34.3 Å². The number of carbonyl (C=O) groups excluding carboxylic acids is 1. The number of hydrogen-bond donors (Lipinski definition) is 2. The number of halogens is 3. The molecule has 52 heavy (non-hydrogen) atoms. The van der Waals surface area contributed by atoms with Crippen molar-refractivity contribution in [3.63, 3.8) is 0 Å². The second-order valence-electron chi connectivity index (χ2n) is 12.5. The fraction of sp³-hybridized carbons (Fsp3) is 0.389. The van der Waals surface area contributed by atoms with E-state index in [0.29, 0.717) is 58.9 Å². The van der Waals surface area contributed by atoms with Crippen LogP contribution in [-0.4, -0.2) is 68.1 Å². The number of hydrogen-bond acceptors (Lipinski definition) is 11. The SMILES string of the molecule is Cc1ccc(NC(=O)c2cc(C(F)(F)F)cc(OCCOC3CCCCO3)n2)cc1Nc1ncccc1-c1ncnc2c1ncn2C1CCCCO1. The van der Waals surface area contributed by atoms with Gasteiger partial charge in [0.05, 0.1) is 18.5 Å². The van der Waals surface area contributed by atoms with Crippen LogP contribution in [0.2, 0.25) is 0 Å². The molecule has 6 heterocycles. The van der Waals surface area contributed by atoms with Crippen molar-refractivity contribution in [1.29, 1.82) is 0 Å². The van der Waals surface area contributed by atoms with Crippen LogP contribution < -0.4 is 15.4 Å². The van der Waals surface area contributed by atoms with Crippen LogP contribution in [0.15, 0.2) is 61.3 Å². The van der Waals surface area contributed by atoms with E-state index < -0.39 is 23.3 Å². The molecule has 272 valence electrons. The number of amides is 1. The Morgan fingerprint density at radius 3 is 2.62 bits per heavy atom. The lowest BCUT2D eigenvalue weighted by molar-refractivity contribution is -0.165. The molecule has 2 unspecified atom stereocenters. The van der Waals surface area contributed by atoms with E-state index in [4.69, 9.17) is 18.9 Å². The van der Waals surface area contributed by atoms with Crippen molar-refractivity contribution in [1.82, 2.24) is 29.5 Å². The lowest BCUT2D eigenvalue weighted by Crippen LogP contribution is -2.24. The third kappa shape index (κ3) is 8.14. The molecule has 13 nitrogen and oxygen atoms in total. The molecule has 0 radical (unpaired) electrons. The number of carbonyl (C=O) groups is 1. The van der Waals surface area contributed by atoms with Gasteiger partial charge in [-0.2, -0.15) is 13.2 Å². The molecular weight excluding hydrogens is 681 g/mol. The Bertz CT molecular complexity index is 2030. The number of nitrogens with one attached hydrogen (secondary N) is 2. The fourth-order valence-corrected chi connectivity index (χ4v) is 6.08. The highest BCUT2D eigenvalue weighted by molar-refractivity contribution is 6.03. The van der Waals surface area contributed by atoms with Crippen LogP contribution in [0.1, 0.15) is 66.4 Å². The van der Waals surface area contributed by atoms with Gasteiger partial charge < -0.3 is 29.6 Å². The first kappa shape index (κ1) is 35.2. The maximum Gasteiger partial charge on any atom is 0.416 e. The molecule has 2 N–H and O–H groups in total. The van der Waals surface area contributed by atoms with Crippen molar-refractivity contribution in [2.75, 3.05) is 37.1 Å². The summed E-state index contributed by atoms with van der Waals surface area (Å²) >= 11 is 0. The standard InChI is InChI=1S/C36H37F3N8O5/c1-22-10-11-24(44-35(48)27-17-23(36(37,38)39)18-28(45-27)49-15-16-52-30-9-3-5-14-51-30)19-26(22)46-33-25(7-6-12-40-33)31-32-34(42-20-41-31)47(21-43-32)29-8-2-4-13-50-29/h6-7,10-12,17-21,29-30H,2-5,8-9,13-16H2,1H3,(H,40,46)(H,44,48). The predicted molar refractivity (Wildman–Crippen MR) is 184 cm³/mol. The first-order valence-electron chi connectivity index (χ1n) is 17.1. The van der Waals surface area contributed by atoms with Gasteiger partial charge in [0.2, 0.25) is 5.88 Å². The molecule has 0 spiro atoms. The van der Waals surface area contributed by atoms with Gasteiger partial charge in [0.25, 0.3) is 5.91 Å². The second-order valence-corrected chi connectivity index (χ2v) is 12.5. The summed E-state index contributed by atoms with van der Waals surface area (Å²) in [6.45, 7) is 3.15. The summed E-state index contributed by atoms with van der Waals surface area (Å²) in [5.41, 5.74) is 2.66. The molecule has 1 aromatic carbocycles. The lowest BCUT2D eigenvalue weighted by atomic mass is 10.1. The van der Waals surface area contributed by atoms with Gasteiger partial charge in [-0.05, 0) is 81.3 Å². The summed E-state index contributed by atoms with van der Waals surface area (Å²) in [5, 5.41) is 5.99. The monoisotopic (exact) mass is 718 g/mol. The van der Waals surface area contributed by atoms with E-state index in [1.807, 2.05) is 17.6 Å². The minimum Gasteiger partial charge on any atom is -0.475 e. The number of fused-ring (bicyclic) bond motifs is 1. The topological polar surface area (TPSA) is 147 Å². The van der Waals surface area contributed by atoms with Crippen LogP contribution in [0.25, 0.3) is 22.4 Å². The molecule has 2 atom stereocenters. The zero-order valence-electron chi connectivity index (χ0n) is 28.4. The maximum atomic E-state index is 13.8. The minimum atomic E-state index is -4.74. The molecule has 2 saturated heterocycles. The molecule has 0 aliphatic carbocycles. The number of imidazole rings is 1. The average molecular weight is 719 g/mol. The first-order valence-corrected chi connectivity index (χ1v) is 17.1. The summed E-state index contributed by atoms with van der Waals surface area (Å²) in [7, 11) is 0. The summed E-state index contributed by atoms with van der Waals surface area (Å²) in [6, 6.07) is 10.2. The Balaban J connectivity index is 1.09. The van der Waals surface area contributed by atoms with E-state index in [1.54, 1.807) is 36.8 Å². The van der Waals surface area contributed by atoms with Crippen molar-refractivity contribution in [3.05, 3.63) is 78.1 Å². The van der Waals surface area contributed by atoms with Crippen LogP contribution in [0, 0.1) is 6.92 Å². The van der Waals surface area contributed by atoms with Crippen molar-refractivity contribution in [2.45, 2.75) is 64.1 Å². The summed E-state index contributed by atoms with van der Waals surface area (Å²) in [4.78, 5) is 35.6. The highest BCUT2D eigenvalue weighted by atomic mass is 19.4. The highest BCUT2D eigenvalue weighted by Crippen LogP contribution is 2.35. The summed E-state index contributed by atoms with van der Waals surface area (Å²) in [6.07, 6.45) is 5.16. The zero-order valence-corrected chi connectivity index (χ0v) is 28.4. The molecule has 0 bridgehead atoms. The number of rotatable bonds is 11. The van der Waals surface area contributed by atoms with Crippen LogP contribution in [0.5, 0.6) is 5.88 Å². The van der Waals surface area contributed by atoms with E-state index >= 15 is 0 Å². The van der Waals surface area contributed by atoms with Crippen molar-refractivity contribution in [2.24, 2.45) is 0 Å². The van der Waals surface area contributed by atoms with E-state index in [-0.39, 0.29) is 31.6 Å². The molecule has 2 fully saturated rings. The van der Waals surface area contributed by atoms with Crippen LogP contribution in [0.3, 0.4) is 0 Å². The predicted octanol–water partition coefficient (Wildman–Crippen LogP) is 7.23. The Labute approximate surface area is 296 Å². The molecule has 4 aromatic heterocycles. The van der Waals surface area contributed by atoms with E-state index in [1.165, 1.54) is 6.33 Å². The van der Waals surface area contributed by atoms with E-state index in [9.17, 15) is 18.0 Å². The Hall–Kier alpha value is -5.19. The number of pyridine rings is 2. The number of aryl methyl sites for hydroxylation is 1. The largest absolute Gasteiger partial charge is 0.475 e. The van der Waals surface area contributed by atoms with Crippen LogP contribution in [0.4, 0.5) is 30.4 Å². The minimum absolute atomic E-state index is 0.0743. The molecular formula is C36H37F3N8O5. The van der Waals surface area contributed by atoms with Crippen molar-refractivity contribution in [3.8, 4) is 17.1 Å². The molecule has 2 aliphatic rings. The molecule has 1 amide bonds. The van der Waals surface area contributed by atoms with Gasteiger partial charge in [0.15, 0.2) is 11.9 Å². The third-order valence-corrected chi connectivity index (χ3v) is 8.77. The lowest BCUT2D eigenvalue weighted by Gasteiger charge is -2.23. The van der Waals surface area contributed by atoms with Crippen LogP contribution in [-0.2, 0) is 20.4 Å². The number of ether oxygens (including phenoxy) is 4. The van der Waals surface area contributed by atoms with Crippen molar-refractivity contribution < 1.29 is 36.9 Å². The molecule has 0 saturated carbocycles. The van der Waals surface area contributed by atoms with Gasteiger partial charge in [0.1, 0.15) is 41.9 Å². The van der Waals surface area contributed by atoms with Gasteiger partial charge >= 0.3 is 6.18 Å². The normalized spacial score (nSPS) is 17.9. The third-order valence-electron chi connectivity index (χ3n) is 8.77. The van der Waals surface area contributed by atoms with Gasteiger partial charge in [-0.3, -0.25) is 9.36 Å². The Morgan fingerprint density at radius 1 is 0.981 bits per heavy atom. The molecule has 2 aliphatic heterocycles. The summed E-state index contributed by atoms with van der Waals surface area (Å²) < 4.78 is 65.9. The number of nitrogens with zero attached hydrogens (tertiary/aromatic N) is 6. The van der Waals surface area contributed by atoms with Gasteiger partial charge in [0, 0.05) is 42.4 Å². The van der Waals surface area contributed by atoms with Crippen LogP contribution >= 0.6 is 0 Å². The zero-order chi connectivity index (χ0) is 36.1. The number of anilines is 3. The van der Waals surface area contributed by atoms with E-state index in [2.05, 4.69) is 35.6 Å². The molecule has 7 rings (SSSR count). The average Bonchev–Trinajstić information content (AvgIpc) is 3.60. The fourth-order valence-electron chi connectivity index (χ4n) is 6.08. The number of benzene rings is 1. The Morgan fingerprint density at radius 2 is 1.83 bits per heavy atom. The Kier molecular flexibility index (Phi) is 10.6. The second kappa shape index (κ2) is 15.6. The number of alkyl halides is 3. The maximum absolute atomic E-state index is 13.8.